The number of amidine groups is 1. The van der Waals surface area contributed by atoms with E-state index in [9.17, 15) is 0 Å². The normalized spacial score (nSPS) is 31.7. The maximum atomic E-state index is 6.24. The minimum atomic E-state index is -0.579. The van der Waals surface area contributed by atoms with Gasteiger partial charge < -0.3 is 10.5 Å². The second-order valence-electron chi connectivity index (χ2n) is 8.55. The predicted octanol–water partition coefficient (Wildman–Crippen LogP) is 3.81. The van der Waals surface area contributed by atoms with E-state index in [0.717, 1.165) is 43.4 Å². The molecule has 142 valence electrons. The SMILES string of the molecule is CO[C@H]1CC[C@]2(CC1)Cc1ccc(C#CC(C)C)cc1[C@@]21N=C(C)C(N)=N1. The Hall–Kier alpha value is -2.12. The smallest absolute Gasteiger partial charge is 0.184 e. The average Bonchev–Trinajstić information content (AvgIpc) is 3.09. The van der Waals surface area contributed by atoms with Crippen molar-refractivity contribution in [2.75, 3.05) is 7.11 Å². The highest BCUT2D eigenvalue weighted by Crippen LogP contribution is 2.61. The summed E-state index contributed by atoms with van der Waals surface area (Å²) in [6, 6.07) is 6.58. The van der Waals surface area contributed by atoms with E-state index in [4.69, 9.17) is 20.5 Å². The molecule has 0 radical (unpaired) electrons. The zero-order valence-corrected chi connectivity index (χ0v) is 16.8. The fourth-order valence-electron chi connectivity index (χ4n) is 4.98. The summed E-state index contributed by atoms with van der Waals surface area (Å²) in [5.74, 6) is 7.51. The molecule has 1 aromatic rings. The highest BCUT2D eigenvalue weighted by atomic mass is 16.5. The summed E-state index contributed by atoms with van der Waals surface area (Å²) in [5, 5.41) is 0. The molecule has 1 fully saturated rings. The fourth-order valence-corrected chi connectivity index (χ4v) is 4.98. The van der Waals surface area contributed by atoms with Crippen LogP contribution in [0.5, 0.6) is 0 Å². The maximum Gasteiger partial charge on any atom is 0.184 e. The van der Waals surface area contributed by atoms with E-state index in [-0.39, 0.29) is 5.41 Å². The minimum Gasteiger partial charge on any atom is -0.382 e. The first kappa shape index (κ1) is 18.3. The maximum absolute atomic E-state index is 6.24. The van der Waals surface area contributed by atoms with Gasteiger partial charge in [-0.15, -0.1) is 0 Å². The molecule has 1 aromatic carbocycles. The quantitative estimate of drug-likeness (QED) is 0.771. The number of rotatable bonds is 1. The molecule has 2 spiro atoms. The molecular formula is C23H29N3O. The van der Waals surface area contributed by atoms with Gasteiger partial charge in [0.1, 0.15) is 5.84 Å². The standard InChI is InChI=1S/C23H29N3O/c1-15(2)5-6-17-7-8-18-14-22(11-9-19(27-4)10-12-22)23(20(18)13-17)25-16(3)21(24)26-23/h7-8,13,15,19H,9-12,14H2,1-4H3,(H2,24,26)/t19-,22-,23-/m0/s1. The summed E-state index contributed by atoms with van der Waals surface area (Å²) in [4.78, 5) is 10.1. The molecule has 0 unspecified atom stereocenters. The summed E-state index contributed by atoms with van der Waals surface area (Å²) >= 11 is 0. The Morgan fingerprint density at radius 2 is 1.96 bits per heavy atom. The van der Waals surface area contributed by atoms with Crippen LogP contribution in [0.3, 0.4) is 0 Å². The number of benzene rings is 1. The third kappa shape index (κ3) is 2.80. The zero-order chi connectivity index (χ0) is 19.2. The number of fused-ring (bicyclic) bond motifs is 3. The Kier molecular flexibility index (Phi) is 4.39. The van der Waals surface area contributed by atoms with Crippen molar-refractivity contribution in [2.24, 2.45) is 27.1 Å². The first-order valence-electron chi connectivity index (χ1n) is 9.99. The Bertz CT molecular complexity index is 859. The Morgan fingerprint density at radius 3 is 2.56 bits per heavy atom. The van der Waals surface area contributed by atoms with E-state index >= 15 is 0 Å². The molecule has 2 N–H and O–H groups in total. The molecule has 1 atom stereocenters. The van der Waals surface area contributed by atoms with Gasteiger partial charge in [0.25, 0.3) is 0 Å². The molecule has 4 nitrogen and oxygen atoms in total. The monoisotopic (exact) mass is 363 g/mol. The lowest BCUT2D eigenvalue weighted by Crippen LogP contribution is -2.43. The molecule has 0 amide bonds. The van der Waals surface area contributed by atoms with E-state index in [1.54, 1.807) is 0 Å². The van der Waals surface area contributed by atoms with Crippen LogP contribution in [0.4, 0.5) is 0 Å². The molecule has 4 rings (SSSR count). The molecule has 3 aliphatic rings. The van der Waals surface area contributed by atoms with Crippen LogP contribution in [-0.2, 0) is 16.8 Å². The molecule has 0 bridgehead atoms. The number of hydrogen-bond acceptors (Lipinski definition) is 4. The van der Waals surface area contributed by atoms with Crippen molar-refractivity contribution in [3.05, 3.63) is 34.9 Å². The van der Waals surface area contributed by atoms with E-state index in [1.807, 2.05) is 14.0 Å². The third-order valence-electron chi connectivity index (χ3n) is 6.46. The van der Waals surface area contributed by atoms with Crippen molar-refractivity contribution in [1.29, 1.82) is 0 Å². The van der Waals surface area contributed by atoms with Gasteiger partial charge in [-0.3, -0.25) is 4.99 Å². The summed E-state index contributed by atoms with van der Waals surface area (Å²) < 4.78 is 5.62. The Morgan fingerprint density at radius 1 is 1.22 bits per heavy atom. The molecule has 27 heavy (non-hydrogen) atoms. The molecule has 0 aromatic heterocycles. The van der Waals surface area contributed by atoms with Gasteiger partial charge in [0, 0.05) is 29.6 Å². The lowest BCUT2D eigenvalue weighted by molar-refractivity contribution is -0.000378. The third-order valence-corrected chi connectivity index (χ3v) is 6.46. The summed E-state index contributed by atoms with van der Waals surface area (Å²) in [7, 11) is 1.81. The van der Waals surface area contributed by atoms with Crippen molar-refractivity contribution < 1.29 is 4.74 Å². The second-order valence-corrected chi connectivity index (χ2v) is 8.55. The van der Waals surface area contributed by atoms with Gasteiger partial charge in [0.05, 0.1) is 11.8 Å². The fraction of sp³-hybridized carbons (Fsp3) is 0.565. The summed E-state index contributed by atoms with van der Waals surface area (Å²) in [5.41, 5.74) is 10.1. The van der Waals surface area contributed by atoms with Crippen molar-refractivity contribution in [3.63, 3.8) is 0 Å². The molecule has 1 heterocycles. The van der Waals surface area contributed by atoms with Crippen molar-refractivity contribution in [1.82, 2.24) is 0 Å². The molecule has 2 aliphatic carbocycles. The van der Waals surface area contributed by atoms with Crippen LogP contribution in [-0.4, -0.2) is 24.8 Å². The van der Waals surface area contributed by atoms with E-state index in [2.05, 4.69) is 43.9 Å². The number of nitrogens with two attached hydrogens (primary N) is 1. The number of aliphatic imine (C=N–C) groups is 2. The van der Waals surface area contributed by atoms with Gasteiger partial charge in [0.2, 0.25) is 0 Å². The van der Waals surface area contributed by atoms with E-state index in [0.29, 0.717) is 17.9 Å². The van der Waals surface area contributed by atoms with Crippen LogP contribution in [0.2, 0.25) is 0 Å². The number of hydrogen-bond donors (Lipinski definition) is 1. The Balaban J connectivity index is 1.82. The van der Waals surface area contributed by atoms with Gasteiger partial charge in [0.15, 0.2) is 5.66 Å². The second kappa shape index (κ2) is 6.49. The van der Waals surface area contributed by atoms with E-state index in [1.165, 1.54) is 11.1 Å². The van der Waals surface area contributed by atoms with Crippen LogP contribution in [0, 0.1) is 23.2 Å². The summed E-state index contributed by atoms with van der Waals surface area (Å²) in [6.45, 7) is 6.20. The highest BCUT2D eigenvalue weighted by molar-refractivity contribution is 6.41. The van der Waals surface area contributed by atoms with Gasteiger partial charge in [-0.1, -0.05) is 31.8 Å². The predicted molar refractivity (Wildman–Crippen MR) is 110 cm³/mol. The van der Waals surface area contributed by atoms with Crippen molar-refractivity contribution in [2.45, 2.75) is 64.6 Å². The first-order valence-corrected chi connectivity index (χ1v) is 9.99. The zero-order valence-electron chi connectivity index (χ0n) is 16.8. The lowest BCUT2D eigenvalue weighted by Gasteiger charge is -2.44. The molecular weight excluding hydrogens is 334 g/mol. The molecule has 4 heteroatoms. The number of ether oxygens (including phenoxy) is 1. The van der Waals surface area contributed by atoms with Crippen LogP contribution in [0.15, 0.2) is 28.2 Å². The average molecular weight is 364 g/mol. The largest absolute Gasteiger partial charge is 0.382 e. The minimum absolute atomic E-state index is 0.00313. The number of methoxy groups -OCH3 is 1. The Labute approximate surface area is 162 Å². The lowest BCUT2D eigenvalue weighted by atomic mass is 9.65. The van der Waals surface area contributed by atoms with Gasteiger partial charge in [-0.05, 0) is 56.7 Å². The van der Waals surface area contributed by atoms with Crippen molar-refractivity contribution >= 4 is 11.5 Å². The summed E-state index contributed by atoms with van der Waals surface area (Å²) in [6.07, 6.45) is 5.56. The van der Waals surface area contributed by atoms with Crippen molar-refractivity contribution in [3.8, 4) is 11.8 Å². The topological polar surface area (TPSA) is 60.0 Å². The molecule has 1 saturated carbocycles. The molecule has 0 saturated heterocycles. The number of nitrogens with zero attached hydrogens (tertiary/aromatic N) is 2. The first-order chi connectivity index (χ1) is 12.9. The highest BCUT2D eigenvalue weighted by Gasteiger charge is 2.60. The van der Waals surface area contributed by atoms with Crippen LogP contribution >= 0.6 is 0 Å². The van der Waals surface area contributed by atoms with Crippen LogP contribution in [0.25, 0.3) is 0 Å². The van der Waals surface area contributed by atoms with E-state index < -0.39 is 5.66 Å². The van der Waals surface area contributed by atoms with Gasteiger partial charge >= 0.3 is 0 Å². The molecule has 1 aliphatic heterocycles. The van der Waals surface area contributed by atoms with Gasteiger partial charge in [-0.2, -0.15) is 0 Å². The van der Waals surface area contributed by atoms with Gasteiger partial charge in [-0.25, -0.2) is 4.99 Å². The van der Waals surface area contributed by atoms with Crippen LogP contribution < -0.4 is 5.73 Å². The van der Waals surface area contributed by atoms with Crippen LogP contribution in [0.1, 0.15) is 63.1 Å².